The molecule has 5 heteroatoms. The van der Waals surface area contributed by atoms with Gasteiger partial charge in [-0.1, -0.05) is 0 Å². The molecule has 0 radical (unpaired) electrons. The lowest BCUT2D eigenvalue weighted by molar-refractivity contribution is -0.269. The van der Waals surface area contributed by atoms with E-state index < -0.39 is 5.97 Å². The highest BCUT2D eigenvalue weighted by molar-refractivity contribution is 5.91. The van der Waals surface area contributed by atoms with Crippen molar-refractivity contribution in [3.63, 3.8) is 0 Å². The van der Waals surface area contributed by atoms with E-state index in [0.29, 0.717) is 0 Å². The highest BCUT2D eigenvalue weighted by Gasteiger charge is 1.86. The van der Waals surface area contributed by atoms with E-state index in [4.69, 9.17) is 0 Å². The van der Waals surface area contributed by atoms with Gasteiger partial charge in [-0.05, 0) is 0 Å². The van der Waals surface area contributed by atoms with E-state index in [0.717, 1.165) is 0 Å². The first-order chi connectivity index (χ1) is 3.27. The molecule has 0 saturated heterocycles. The van der Waals surface area contributed by atoms with Gasteiger partial charge in [0.05, 0.1) is 0 Å². The summed E-state index contributed by atoms with van der Waals surface area (Å²) in [6, 6.07) is 0. The molecule has 0 saturated carbocycles. The zero-order chi connectivity index (χ0) is 5.70. The third-order valence-corrected chi connectivity index (χ3v) is 0.313. The van der Waals surface area contributed by atoms with Crippen LogP contribution in [0.4, 0.5) is 0 Å². The van der Waals surface area contributed by atoms with Gasteiger partial charge in [0.1, 0.15) is 0 Å². The second-order valence-corrected chi connectivity index (χ2v) is 1.04. The summed E-state index contributed by atoms with van der Waals surface area (Å²) in [5.41, 5.74) is 0. The van der Waals surface area contributed by atoms with Gasteiger partial charge in [-0.2, -0.15) is 4.99 Å². The minimum Gasteiger partial charge on any atom is -0.248 e. The maximum Gasteiger partial charge on any atom is 0.354 e. The number of carbonyl (C=O) groups is 1. The lowest BCUT2D eigenvalue weighted by Gasteiger charge is -1.88. The molecule has 0 fully saturated rings. The molecule has 40 valence electrons. The van der Waals surface area contributed by atoms with Gasteiger partial charge in [-0.15, -0.1) is 4.80 Å². The molecule has 0 aliphatic rings. The maximum atomic E-state index is 9.80. The monoisotopic (exact) mass is 119 g/mol. The predicted octanol–water partition coefficient (Wildman–Crippen LogP) is -0.787. The molecule has 4 nitrogen and oxygen atoms in total. The average molecular weight is 119 g/mol. The Labute approximate surface area is 43.5 Å². The first kappa shape index (κ1) is 6.29. The fourth-order valence-electron chi connectivity index (χ4n) is 0.0788. The summed E-state index contributed by atoms with van der Waals surface area (Å²) in [7, 11) is 1.20. The largest absolute Gasteiger partial charge is 0.354 e. The second-order valence-electron chi connectivity index (χ2n) is 0.779. The Morgan fingerprint density at radius 3 is 2.57 bits per heavy atom. The van der Waals surface area contributed by atoms with Crippen LogP contribution in [0.5, 0.6) is 0 Å². The summed E-state index contributed by atoms with van der Waals surface area (Å²) in [6.07, 6.45) is 0. The molecule has 0 aliphatic carbocycles. The summed E-state index contributed by atoms with van der Waals surface area (Å²) in [5, 5.41) is 0. The highest BCUT2D eigenvalue weighted by atomic mass is 28.1. The standard InChI is InChI=1S/C2H5NO3Si/c1-2(4)5-6-3-7/h7H2,1H3. The van der Waals surface area contributed by atoms with Crippen molar-refractivity contribution < 1.29 is 14.7 Å². The molecule has 0 N–H and O–H groups in total. The topological polar surface area (TPSA) is 47.9 Å². The van der Waals surface area contributed by atoms with Crippen LogP contribution in [-0.2, 0) is 14.7 Å². The summed E-state index contributed by atoms with van der Waals surface area (Å²) < 4.78 is 0. The number of hydrogen-bond acceptors (Lipinski definition) is 4. The van der Waals surface area contributed by atoms with E-state index in [9.17, 15) is 4.79 Å². The Morgan fingerprint density at radius 2 is 2.43 bits per heavy atom. The minimum absolute atomic E-state index is 0.504. The van der Waals surface area contributed by atoms with Gasteiger partial charge in [0.15, 0.2) is 10.0 Å². The Balaban J connectivity index is 2.97. The van der Waals surface area contributed by atoms with E-state index in [1.165, 1.54) is 17.0 Å². The first-order valence-electron chi connectivity index (χ1n) is 1.57. The number of carbonyl (C=O) groups excluding carboxylic acids is 1. The van der Waals surface area contributed by atoms with Gasteiger partial charge < -0.3 is 0 Å². The maximum absolute atomic E-state index is 9.80. The van der Waals surface area contributed by atoms with Crippen LogP contribution in [0.2, 0.25) is 0 Å². The molecule has 0 unspecified atom stereocenters. The van der Waals surface area contributed by atoms with E-state index in [1.807, 2.05) is 0 Å². The van der Waals surface area contributed by atoms with E-state index in [-0.39, 0.29) is 0 Å². The molecule has 0 rings (SSSR count). The summed E-state index contributed by atoms with van der Waals surface area (Å²) >= 11 is 0. The van der Waals surface area contributed by atoms with Crippen LogP contribution in [0.25, 0.3) is 0 Å². The van der Waals surface area contributed by atoms with Crippen LogP contribution in [0, 0.1) is 0 Å². The molecule has 0 heterocycles. The third kappa shape index (κ3) is 5.29. The summed E-state index contributed by atoms with van der Waals surface area (Å²) in [4.78, 5) is 20.6. The molecule has 0 aromatic rings. The SMILES string of the molecule is CC(=O)OON=[SiH2]. The molecule has 0 spiro atoms. The van der Waals surface area contributed by atoms with Gasteiger partial charge in [-0.3, -0.25) is 0 Å². The van der Waals surface area contributed by atoms with Crippen molar-refractivity contribution in [1.82, 2.24) is 0 Å². The zero-order valence-electron chi connectivity index (χ0n) is 3.88. The van der Waals surface area contributed by atoms with Gasteiger partial charge in [0, 0.05) is 6.92 Å². The van der Waals surface area contributed by atoms with Crippen molar-refractivity contribution in [1.29, 1.82) is 0 Å². The highest BCUT2D eigenvalue weighted by Crippen LogP contribution is 1.75. The van der Waals surface area contributed by atoms with Gasteiger partial charge in [0.25, 0.3) is 0 Å². The second kappa shape index (κ2) is 3.48. The van der Waals surface area contributed by atoms with Crippen molar-refractivity contribution in [3.05, 3.63) is 0 Å². The van der Waals surface area contributed by atoms with Crippen molar-refractivity contribution in [2.45, 2.75) is 6.92 Å². The first-order valence-corrected chi connectivity index (χ1v) is 2.21. The Kier molecular flexibility index (Phi) is 3.12. The zero-order valence-corrected chi connectivity index (χ0v) is 5.29. The van der Waals surface area contributed by atoms with Gasteiger partial charge in [0.2, 0.25) is 0 Å². The molecule has 0 atom stereocenters. The van der Waals surface area contributed by atoms with E-state index in [2.05, 4.69) is 14.7 Å². The van der Waals surface area contributed by atoms with Crippen LogP contribution < -0.4 is 0 Å². The van der Waals surface area contributed by atoms with Crippen molar-refractivity contribution in [2.24, 2.45) is 4.80 Å². The van der Waals surface area contributed by atoms with E-state index >= 15 is 0 Å². The smallest absolute Gasteiger partial charge is 0.248 e. The van der Waals surface area contributed by atoms with Crippen molar-refractivity contribution in [2.75, 3.05) is 0 Å². The summed E-state index contributed by atoms with van der Waals surface area (Å²) in [5.74, 6) is -0.504. The summed E-state index contributed by atoms with van der Waals surface area (Å²) in [6.45, 7) is 1.23. The Morgan fingerprint density at radius 1 is 1.86 bits per heavy atom. The quantitative estimate of drug-likeness (QED) is 0.272. The molecule has 7 heavy (non-hydrogen) atoms. The van der Waals surface area contributed by atoms with Crippen molar-refractivity contribution in [3.8, 4) is 0 Å². The fraction of sp³-hybridized carbons (Fsp3) is 0.500. The average Bonchev–Trinajstić information content (AvgIpc) is 1.61. The molecule has 0 aliphatic heterocycles. The third-order valence-electron chi connectivity index (χ3n) is 0.207. The normalized spacial score (nSPS) is 7.00. The molecular formula is C2H5NO3Si. The molecule has 0 aromatic heterocycles. The van der Waals surface area contributed by atoms with Crippen LogP contribution in [-0.4, -0.2) is 16.0 Å². The molecular weight excluding hydrogens is 114 g/mol. The Bertz CT molecular complexity index is 83.0. The van der Waals surface area contributed by atoms with Gasteiger partial charge in [-0.25, -0.2) is 9.68 Å². The van der Waals surface area contributed by atoms with Crippen LogP contribution in [0.1, 0.15) is 6.92 Å². The van der Waals surface area contributed by atoms with Crippen molar-refractivity contribution >= 4 is 16.0 Å². The number of nitrogens with zero attached hydrogens (tertiary/aromatic N) is 1. The minimum atomic E-state index is -0.504. The van der Waals surface area contributed by atoms with Crippen LogP contribution in [0.15, 0.2) is 4.80 Å². The fourth-order valence-corrected chi connectivity index (χ4v) is 0.132. The van der Waals surface area contributed by atoms with Gasteiger partial charge >= 0.3 is 5.97 Å². The van der Waals surface area contributed by atoms with Crippen LogP contribution >= 0.6 is 0 Å². The number of rotatable bonds is 2. The lowest BCUT2D eigenvalue weighted by Crippen LogP contribution is -1.94. The molecule has 0 aromatic carbocycles. The van der Waals surface area contributed by atoms with E-state index in [1.54, 1.807) is 0 Å². The van der Waals surface area contributed by atoms with Crippen LogP contribution in [0.3, 0.4) is 0 Å². The molecule has 0 bridgehead atoms. The lowest BCUT2D eigenvalue weighted by atomic mass is 10.9. The number of hydrogen-bond donors (Lipinski definition) is 0. The predicted molar refractivity (Wildman–Crippen MR) is 23.8 cm³/mol. The molecule has 0 amide bonds. The Hall–Kier alpha value is -0.713.